The van der Waals surface area contributed by atoms with E-state index in [-0.39, 0.29) is 19.1 Å². The van der Waals surface area contributed by atoms with Crippen LogP contribution in [0.15, 0.2) is 48.7 Å². The number of aryl methyl sites for hydroxylation is 1. The highest BCUT2D eigenvalue weighted by molar-refractivity contribution is 5.77. The van der Waals surface area contributed by atoms with Gasteiger partial charge in [0.15, 0.2) is 6.61 Å². The second kappa shape index (κ2) is 6.77. The van der Waals surface area contributed by atoms with Crippen molar-refractivity contribution in [1.82, 2.24) is 9.88 Å². The number of hydrogen-bond donors (Lipinski definition) is 2. The third kappa shape index (κ3) is 3.86. The monoisotopic (exact) mass is 274 g/mol. The van der Waals surface area contributed by atoms with E-state index in [1.54, 1.807) is 12.1 Å². The average Bonchev–Trinajstić information content (AvgIpc) is 2.90. The number of benzene rings is 1. The molecule has 0 spiro atoms. The number of aliphatic hydroxyl groups is 1. The lowest BCUT2D eigenvalue weighted by atomic mass is 10.2. The number of carbonyl (C=O) groups is 1. The summed E-state index contributed by atoms with van der Waals surface area (Å²) >= 11 is 0. The summed E-state index contributed by atoms with van der Waals surface area (Å²) in [5.74, 6) is 0.382. The number of rotatable bonds is 6. The van der Waals surface area contributed by atoms with Crippen LogP contribution in [0.4, 0.5) is 0 Å². The van der Waals surface area contributed by atoms with Crippen molar-refractivity contribution in [3.8, 4) is 5.75 Å². The van der Waals surface area contributed by atoms with Gasteiger partial charge in [-0.05, 0) is 24.3 Å². The van der Waals surface area contributed by atoms with Crippen LogP contribution >= 0.6 is 0 Å². The molecule has 5 nitrogen and oxygen atoms in total. The number of amides is 1. The summed E-state index contributed by atoms with van der Waals surface area (Å²) in [6, 6.07) is 12.8. The zero-order chi connectivity index (χ0) is 14.4. The molecule has 2 rings (SSSR count). The van der Waals surface area contributed by atoms with E-state index in [0.717, 1.165) is 5.69 Å². The summed E-state index contributed by atoms with van der Waals surface area (Å²) < 4.78 is 7.13. The van der Waals surface area contributed by atoms with E-state index >= 15 is 0 Å². The Hall–Kier alpha value is -2.27. The van der Waals surface area contributed by atoms with Crippen LogP contribution in [0.2, 0.25) is 0 Å². The molecule has 0 radical (unpaired) electrons. The summed E-state index contributed by atoms with van der Waals surface area (Å²) in [5, 5.41) is 12.6. The maximum atomic E-state index is 11.6. The number of ether oxygens (including phenoxy) is 1. The highest BCUT2D eigenvalue weighted by Crippen LogP contribution is 2.11. The van der Waals surface area contributed by atoms with Crippen molar-refractivity contribution >= 4 is 5.91 Å². The predicted octanol–water partition coefficient (Wildman–Crippen LogP) is 1.25. The van der Waals surface area contributed by atoms with Crippen molar-refractivity contribution in [1.29, 1.82) is 0 Å². The van der Waals surface area contributed by atoms with E-state index in [2.05, 4.69) is 5.32 Å². The SMILES string of the molecule is Cn1cccc1C(O)CNC(=O)COc1ccccc1. The molecular formula is C15H18N2O3. The van der Waals surface area contributed by atoms with Crippen LogP contribution in [0.1, 0.15) is 11.8 Å². The Labute approximate surface area is 117 Å². The van der Waals surface area contributed by atoms with Gasteiger partial charge < -0.3 is 19.7 Å². The van der Waals surface area contributed by atoms with Gasteiger partial charge in [-0.1, -0.05) is 18.2 Å². The smallest absolute Gasteiger partial charge is 0.258 e. The van der Waals surface area contributed by atoms with Crippen molar-refractivity contribution in [3.05, 3.63) is 54.4 Å². The number of aromatic nitrogens is 1. The van der Waals surface area contributed by atoms with Gasteiger partial charge in [0.05, 0.1) is 0 Å². The van der Waals surface area contributed by atoms with Crippen LogP contribution in [0.25, 0.3) is 0 Å². The van der Waals surface area contributed by atoms with Crippen molar-refractivity contribution in [2.24, 2.45) is 7.05 Å². The fraction of sp³-hybridized carbons (Fsp3) is 0.267. The fourth-order valence-corrected chi connectivity index (χ4v) is 1.85. The number of nitrogens with zero attached hydrogens (tertiary/aromatic N) is 1. The van der Waals surface area contributed by atoms with Crippen LogP contribution in [0, 0.1) is 0 Å². The number of nitrogens with one attached hydrogen (secondary N) is 1. The molecule has 0 aliphatic carbocycles. The van der Waals surface area contributed by atoms with Gasteiger partial charge in [-0.15, -0.1) is 0 Å². The molecule has 1 heterocycles. The standard InChI is InChI=1S/C15H18N2O3/c1-17-9-5-8-13(17)14(18)10-16-15(19)11-20-12-6-3-2-4-7-12/h2-9,14,18H,10-11H2,1H3,(H,16,19). The first-order valence-electron chi connectivity index (χ1n) is 6.40. The van der Waals surface area contributed by atoms with Crippen LogP contribution in [0.3, 0.4) is 0 Å². The molecule has 1 aromatic carbocycles. The third-order valence-corrected chi connectivity index (χ3v) is 2.93. The van der Waals surface area contributed by atoms with Gasteiger partial charge >= 0.3 is 0 Å². The van der Waals surface area contributed by atoms with Crippen molar-refractivity contribution in [2.75, 3.05) is 13.2 Å². The highest BCUT2D eigenvalue weighted by atomic mass is 16.5. The fourth-order valence-electron chi connectivity index (χ4n) is 1.85. The molecule has 0 aliphatic rings. The Kier molecular flexibility index (Phi) is 4.79. The highest BCUT2D eigenvalue weighted by Gasteiger charge is 2.12. The molecule has 1 atom stereocenters. The Balaban J connectivity index is 1.74. The zero-order valence-corrected chi connectivity index (χ0v) is 11.3. The van der Waals surface area contributed by atoms with Crippen LogP contribution in [-0.4, -0.2) is 28.7 Å². The Morgan fingerprint density at radius 3 is 2.70 bits per heavy atom. The molecule has 106 valence electrons. The molecule has 0 saturated heterocycles. The number of carbonyl (C=O) groups excluding carboxylic acids is 1. The third-order valence-electron chi connectivity index (χ3n) is 2.93. The maximum Gasteiger partial charge on any atom is 0.258 e. The number of hydrogen-bond acceptors (Lipinski definition) is 3. The molecule has 1 amide bonds. The Bertz CT molecular complexity index is 551. The van der Waals surface area contributed by atoms with Gasteiger partial charge in [0.2, 0.25) is 0 Å². The quantitative estimate of drug-likeness (QED) is 0.833. The summed E-state index contributed by atoms with van der Waals surface area (Å²) in [6.07, 6.45) is 1.12. The van der Waals surface area contributed by atoms with Gasteiger partial charge in [0.1, 0.15) is 11.9 Å². The average molecular weight is 274 g/mol. The van der Waals surface area contributed by atoms with E-state index in [9.17, 15) is 9.90 Å². The number of aliphatic hydroxyl groups excluding tert-OH is 1. The normalized spacial score (nSPS) is 11.9. The molecule has 0 fully saturated rings. The lowest BCUT2D eigenvalue weighted by Crippen LogP contribution is -2.32. The van der Waals surface area contributed by atoms with E-state index in [1.165, 1.54) is 0 Å². The van der Waals surface area contributed by atoms with Gasteiger partial charge in [0.25, 0.3) is 5.91 Å². The Morgan fingerprint density at radius 1 is 1.30 bits per heavy atom. The van der Waals surface area contributed by atoms with Gasteiger partial charge in [-0.3, -0.25) is 4.79 Å². The molecular weight excluding hydrogens is 256 g/mol. The van der Waals surface area contributed by atoms with E-state index in [0.29, 0.717) is 5.75 Å². The lowest BCUT2D eigenvalue weighted by Gasteiger charge is -2.13. The number of para-hydroxylation sites is 1. The molecule has 0 aliphatic heterocycles. The molecule has 1 aromatic heterocycles. The van der Waals surface area contributed by atoms with Crippen LogP contribution in [-0.2, 0) is 11.8 Å². The molecule has 5 heteroatoms. The molecule has 0 bridgehead atoms. The predicted molar refractivity (Wildman–Crippen MR) is 75.3 cm³/mol. The molecule has 1 unspecified atom stereocenters. The van der Waals surface area contributed by atoms with Gasteiger partial charge in [-0.25, -0.2) is 0 Å². The van der Waals surface area contributed by atoms with E-state index in [4.69, 9.17) is 4.74 Å². The van der Waals surface area contributed by atoms with Gasteiger partial charge in [-0.2, -0.15) is 0 Å². The molecule has 2 N–H and O–H groups in total. The first kappa shape index (κ1) is 14.1. The van der Waals surface area contributed by atoms with Crippen LogP contribution in [0.5, 0.6) is 5.75 Å². The summed E-state index contributed by atoms with van der Waals surface area (Å²) in [7, 11) is 1.85. The molecule has 0 saturated carbocycles. The van der Waals surface area contributed by atoms with Gasteiger partial charge in [0, 0.05) is 25.5 Å². The minimum atomic E-state index is -0.726. The topological polar surface area (TPSA) is 63.5 Å². The van der Waals surface area contributed by atoms with Crippen molar-refractivity contribution < 1.29 is 14.6 Å². The van der Waals surface area contributed by atoms with Crippen molar-refractivity contribution in [3.63, 3.8) is 0 Å². The second-order valence-corrected chi connectivity index (χ2v) is 4.47. The van der Waals surface area contributed by atoms with E-state index in [1.807, 2.05) is 48.1 Å². The minimum absolute atomic E-state index is 0.0656. The summed E-state index contributed by atoms with van der Waals surface area (Å²) in [4.78, 5) is 11.6. The zero-order valence-electron chi connectivity index (χ0n) is 11.3. The summed E-state index contributed by atoms with van der Waals surface area (Å²) in [6.45, 7) is 0.0959. The van der Waals surface area contributed by atoms with Crippen LogP contribution < -0.4 is 10.1 Å². The summed E-state index contributed by atoms with van der Waals surface area (Å²) in [5.41, 5.74) is 0.759. The molecule has 20 heavy (non-hydrogen) atoms. The lowest BCUT2D eigenvalue weighted by molar-refractivity contribution is -0.123. The van der Waals surface area contributed by atoms with Crippen molar-refractivity contribution in [2.45, 2.75) is 6.10 Å². The maximum absolute atomic E-state index is 11.6. The first-order chi connectivity index (χ1) is 9.66. The largest absolute Gasteiger partial charge is 0.484 e. The first-order valence-corrected chi connectivity index (χ1v) is 6.40. The van der Waals surface area contributed by atoms with E-state index < -0.39 is 6.10 Å². The molecule has 2 aromatic rings. The Morgan fingerprint density at radius 2 is 2.05 bits per heavy atom. The second-order valence-electron chi connectivity index (χ2n) is 4.47. The minimum Gasteiger partial charge on any atom is -0.484 e.